The second kappa shape index (κ2) is 2.96. The summed E-state index contributed by atoms with van der Waals surface area (Å²) in [6.07, 6.45) is 0. The molecule has 1 heterocycles. The van der Waals surface area contributed by atoms with Crippen LogP contribution in [0.1, 0.15) is 5.56 Å². The van der Waals surface area contributed by atoms with Crippen molar-refractivity contribution in [3.63, 3.8) is 0 Å². The molecule has 1 aromatic rings. The summed E-state index contributed by atoms with van der Waals surface area (Å²) in [5, 5.41) is 7.53. The highest BCUT2D eigenvalue weighted by atomic mass is 79.9. The van der Waals surface area contributed by atoms with Crippen LogP contribution in [-0.4, -0.2) is 17.3 Å². The summed E-state index contributed by atoms with van der Waals surface area (Å²) < 4.78 is 5.63. The molecule has 0 N–H and O–H groups in total. The van der Waals surface area contributed by atoms with Crippen molar-refractivity contribution in [3.05, 3.63) is 16.2 Å². The first-order valence-corrected chi connectivity index (χ1v) is 3.57. The van der Waals surface area contributed by atoms with Crippen molar-refractivity contribution in [2.24, 2.45) is 0 Å². The number of hydrogen-bond acceptors (Lipinski definition) is 3. The largest absolute Gasteiger partial charge is 0.480 e. The summed E-state index contributed by atoms with van der Waals surface area (Å²) in [6.45, 7) is 1.91. The van der Waals surface area contributed by atoms with E-state index in [9.17, 15) is 0 Å². The average Bonchev–Trinajstić information content (AvgIpc) is 1.88. The van der Waals surface area contributed by atoms with Gasteiger partial charge in [-0.25, -0.2) is 0 Å². The average molecular weight is 203 g/mol. The van der Waals surface area contributed by atoms with Gasteiger partial charge >= 0.3 is 0 Å². The molecule has 0 unspecified atom stereocenters. The molecule has 0 aliphatic heterocycles. The molecule has 0 fully saturated rings. The van der Waals surface area contributed by atoms with Crippen molar-refractivity contribution in [1.29, 1.82) is 0 Å². The molecule has 0 saturated carbocycles. The van der Waals surface area contributed by atoms with E-state index in [2.05, 4.69) is 26.1 Å². The molecule has 0 bridgehead atoms. The van der Waals surface area contributed by atoms with Crippen molar-refractivity contribution in [1.82, 2.24) is 10.2 Å². The molecule has 0 radical (unpaired) electrons. The minimum atomic E-state index is 0.572. The Balaban J connectivity index is 3.07. The van der Waals surface area contributed by atoms with Crippen LogP contribution in [0.15, 0.2) is 10.7 Å². The molecule has 0 aliphatic carbocycles. The van der Waals surface area contributed by atoms with E-state index in [0.29, 0.717) is 5.88 Å². The lowest BCUT2D eigenvalue weighted by molar-refractivity contribution is 0.388. The minimum Gasteiger partial charge on any atom is -0.480 e. The molecule has 3 nitrogen and oxygen atoms in total. The standard InChI is InChI=1S/C6H7BrN2O/c1-4-3-5(7)8-9-6(4)10-2/h3H,1-2H3. The lowest BCUT2D eigenvalue weighted by Crippen LogP contribution is -1.93. The van der Waals surface area contributed by atoms with E-state index in [1.165, 1.54) is 0 Å². The molecule has 4 heteroatoms. The van der Waals surface area contributed by atoms with Crippen molar-refractivity contribution < 1.29 is 4.74 Å². The highest BCUT2D eigenvalue weighted by molar-refractivity contribution is 9.10. The summed E-state index contributed by atoms with van der Waals surface area (Å²) >= 11 is 3.20. The summed E-state index contributed by atoms with van der Waals surface area (Å²) in [7, 11) is 1.57. The maximum absolute atomic E-state index is 4.91. The third kappa shape index (κ3) is 1.44. The van der Waals surface area contributed by atoms with Crippen LogP contribution >= 0.6 is 15.9 Å². The number of nitrogens with zero attached hydrogens (tertiary/aromatic N) is 2. The van der Waals surface area contributed by atoms with Crippen LogP contribution in [0.3, 0.4) is 0 Å². The van der Waals surface area contributed by atoms with Crippen LogP contribution in [0, 0.1) is 6.92 Å². The monoisotopic (exact) mass is 202 g/mol. The van der Waals surface area contributed by atoms with Gasteiger partial charge in [0, 0.05) is 5.56 Å². The molecule has 0 atom stereocenters. The lowest BCUT2D eigenvalue weighted by atomic mass is 10.3. The van der Waals surface area contributed by atoms with E-state index in [4.69, 9.17) is 4.74 Å². The Morgan fingerprint density at radius 2 is 2.20 bits per heavy atom. The van der Waals surface area contributed by atoms with Crippen molar-refractivity contribution >= 4 is 15.9 Å². The molecule has 0 saturated heterocycles. The first-order valence-electron chi connectivity index (χ1n) is 2.78. The van der Waals surface area contributed by atoms with Crippen LogP contribution in [0.5, 0.6) is 5.88 Å². The van der Waals surface area contributed by atoms with Gasteiger partial charge in [-0.1, -0.05) is 0 Å². The fourth-order valence-corrected chi connectivity index (χ4v) is 1.07. The predicted octanol–water partition coefficient (Wildman–Crippen LogP) is 1.56. The van der Waals surface area contributed by atoms with Crippen LogP contribution in [0.4, 0.5) is 0 Å². The first-order chi connectivity index (χ1) is 4.74. The van der Waals surface area contributed by atoms with E-state index in [0.717, 1.165) is 10.2 Å². The Hall–Kier alpha value is -0.640. The number of aryl methyl sites for hydroxylation is 1. The molecular weight excluding hydrogens is 196 g/mol. The number of aromatic nitrogens is 2. The predicted molar refractivity (Wildman–Crippen MR) is 41.0 cm³/mol. The highest BCUT2D eigenvalue weighted by Gasteiger charge is 1.99. The summed E-state index contributed by atoms with van der Waals surface area (Å²) in [5.41, 5.74) is 0.976. The topological polar surface area (TPSA) is 35.0 Å². The summed E-state index contributed by atoms with van der Waals surface area (Å²) in [4.78, 5) is 0. The second-order valence-corrected chi connectivity index (χ2v) is 2.67. The van der Waals surface area contributed by atoms with Crippen molar-refractivity contribution in [3.8, 4) is 5.88 Å². The highest BCUT2D eigenvalue weighted by Crippen LogP contribution is 2.14. The fourth-order valence-electron chi connectivity index (χ4n) is 0.643. The van der Waals surface area contributed by atoms with E-state index < -0.39 is 0 Å². The Bertz CT molecular complexity index is 239. The summed E-state index contributed by atoms with van der Waals surface area (Å²) in [6, 6.07) is 1.85. The molecule has 1 rings (SSSR count). The third-order valence-corrected chi connectivity index (χ3v) is 1.49. The molecule has 0 spiro atoms. The smallest absolute Gasteiger partial charge is 0.236 e. The van der Waals surface area contributed by atoms with E-state index in [1.807, 2.05) is 13.0 Å². The van der Waals surface area contributed by atoms with E-state index in [1.54, 1.807) is 7.11 Å². The maximum Gasteiger partial charge on any atom is 0.236 e. The third-order valence-electron chi connectivity index (χ3n) is 1.10. The van der Waals surface area contributed by atoms with Crippen LogP contribution in [-0.2, 0) is 0 Å². The van der Waals surface area contributed by atoms with Crippen LogP contribution < -0.4 is 4.74 Å². The van der Waals surface area contributed by atoms with Gasteiger partial charge in [0.1, 0.15) is 4.60 Å². The van der Waals surface area contributed by atoms with Gasteiger partial charge in [-0.05, 0) is 28.9 Å². The number of methoxy groups -OCH3 is 1. The molecular formula is C6H7BrN2O. The van der Waals surface area contributed by atoms with Crippen molar-refractivity contribution in [2.45, 2.75) is 6.92 Å². The molecule has 10 heavy (non-hydrogen) atoms. The molecule has 0 aliphatic rings. The molecule has 0 aromatic carbocycles. The SMILES string of the molecule is COc1nnc(Br)cc1C. The van der Waals surface area contributed by atoms with E-state index in [-0.39, 0.29) is 0 Å². The Morgan fingerprint density at radius 3 is 2.70 bits per heavy atom. The second-order valence-electron chi connectivity index (χ2n) is 1.86. The molecule has 1 aromatic heterocycles. The zero-order chi connectivity index (χ0) is 7.56. The van der Waals surface area contributed by atoms with Crippen molar-refractivity contribution in [2.75, 3.05) is 7.11 Å². The van der Waals surface area contributed by atoms with Gasteiger partial charge in [0.25, 0.3) is 0 Å². The van der Waals surface area contributed by atoms with Gasteiger partial charge in [0.05, 0.1) is 7.11 Å². The zero-order valence-electron chi connectivity index (χ0n) is 5.76. The Labute approximate surface area is 67.6 Å². The molecule has 54 valence electrons. The van der Waals surface area contributed by atoms with Gasteiger partial charge in [0.15, 0.2) is 0 Å². The van der Waals surface area contributed by atoms with Gasteiger partial charge in [-0.2, -0.15) is 0 Å². The minimum absolute atomic E-state index is 0.572. The Morgan fingerprint density at radius 1 is 1.50 bits per heavy atom. The normalized spacial score (nSPS) is 9.50. The van der Waals surface area contributed by atoms with Crippen LogP contribution in [0.2, 0.25) is 0 Å². The van der Waals surface area contributed by atoms with Gasteiger partial charge < -0.3 is 4.74 Å². The number of ether oxygens (including phenoxy) is 1. The quantitative estimate of drug-likeness (QED) is 0.694. The van der Waals surface area contributed by atoms with Gasteiger partial charge in [-0.3, -0.25) is 0 Å². The van der Waals surface area contributed by atoms with Gasteiger partial charge in [-0.15, -0.1) is 10.2 Å². The fraction of sp³-hybridized carbons (Fsp3) is 0.333. The van der Waals surface area contributed by atoms with Crippen LogP contribution in [0.25, 0.3) is 0 Å². The number of rotatable bonds is 1. The number of halogens is 1. The summed E-state index contributed by atoms with van der Waals surface area (Å²) in [5.74, 6) is 0.572. The van der Waals surface area contributed by atoms with E-state index >= 15 is 0 Å². The lowest BCUT2D eigenvalue weighted by Gasteiger charge is -1.99. The zero-order valence-corrected chi connectivity index (χ0v) is 7.34. The Kier molecular flexibility index (Phi) is 2.21. The molecule has 0 amide bonds. The van der Waals surface area contributed by atoms with Gasteiger partial charge in [0.2, 0.25) is 5.88 Å². The number of hydrogen-bond donors (Lipinski definition) is 0. The maximum atomic E-state index is 4.91. The first kappa shape index (κ1) is 7.47.